The van der Waals surface area contributed by atoms with Crippen LogP contribution in [0.1, 0.15) is 11.7 Å². The molecule has 0 bridgehead atoms. The number of carbonyl (C=O) groups is 1. The predicted molar refractivity (Wildman–Crippen MR) is 60.8 cm³/mol. The normalized spacial score (nSPS) is 14.9. The number of ether oxygens (including phenoxy) is 1. The number of methoxy groups -OCH3 is 1. The first-order valence-electron chi connectivity index (χ1n) is 4.84. The van der Waals surface area contributed by atoms with Crippen molar-refractivity contribution in [1.82, 2.24) is 0 Å². The van der Waals surface area contributed by atoms with E-state index in [0.29, 0.717) is 0 Å². The van der Waals surface area contributed by atoms with Gasteiger partial charge in [-0.3, -0.25) is 0 Å². The summed E-state index contributed by atoms with van der Waals surface area (Å²) in [5, 5.41) is 24.0. The first-order chi connectivity index (χ1) is 8.27. The van der Waals surface area contributed by atoms with E-state index in [1.165, 1.54) is 12.1 Å². The lowest BCUT2D eigenvalue weighted by molar-refractivity contribution is -0.156. The quantitative estimate of drug-likeness (QED) is 0.599. The van der Waals surface area contributed by atoms with Gasteiger partial charge < -0.3 is 14.9 Å². The van der Waals surface area contributed by atoms with Crippen molar-refractivity contribution in [2.45, 2.75) is 17.1 Å². The van der Waals surface area contributed by atoms with Crippen LogP contribution in [0.5, 0.6) is 0 Å². The minimum atomic E-state index is -3.82. The van der Waals surface area contributed by atoms with Crippen LogP contribution in [-0.4, -0.2) is 37.8 Å². The molecule has 7 nitrogen and oxygen atoms in total. The number of aliphatic hydroxyl groups excluding tert-OH is 2. The smallest absolute Gasteiger partial charge is 0.337 e. The zero-order chi connectivity index (χ0) is 13.9. The lowest BCUT2D eigenvalue weighted by Gasteiger charge is -2.16. The highest BCUT2D eigenvalue weighted by atomic mass is 32.2. The van der Waals surface area contributed by atoms with E-state index in [1.807, 2.05) is 0 Å². The topological polar surface area (TPSA) is 127 Å². The van der Waals surface area contributed by atoms with Gasteiger partial charge in [0.1, 0.15) is 6.10 Å². The van der Waals surface area contributed by atoms with Gasteiger partial charge in [-0.1, -0.05) is 12.1 Å². The molecule has 0 aliphatic heterocycles. The van der Waals surface area contributed by atoms with Crippen LogP contribution in [0.25, 0.3) is 0 Å². The Kier molecular flexibility index (Phi) is 4.41. The van der Waals surface area contributed by atoms with Gasteiger partial charge in [0.05, 0.1) is 12.0 Å². The van der Waals surface area contributed by atoms with Crippen molar-refractivity contribution in [3.05, 3.63) is 29.8 Å². The van der Waals surface area contributed by atoms with E-state index < -0.39 is 28.2 Å². The van der Waals surface area contributed by atoms with E-state index in [4.69, 9.17) is 5.14 Å². The fourth-order valence-electron chi connectivity index (χ4n) is 1.29. The highest BCUT2D eigenvalue weighted by Crippen LogP contribution is 2.19. The zero-order valence-electron chi connectivity index (χ0n) is 9.48. The van der Waals surface area contributed by atoms with E-state index in [-0.39, 0.29) is 10.5 Å². The molecule has 0 aliphatic rings. The van der Waals surface area contributed by atoms with Crippen LogP contribution in [-0.2, 0) is 19.6 Å². The molecule has 0 heterocycles. The zero-order valence-corrected chi connectivity index (χ0v) is 10.3. The van der Waals surface area contributed by atoms with E-state index >= 15 is 0 Å². The Morgan fingerprint density at radius 3 is 2.17 bits per heavy atom. The van der Waals surface area contributed by atoms with Crippen molar-refractivity contribution in [3.8, 4) is 0 Å². The lowest BCUT2D eigenvalue weighted by Crippen LogP contribution is -2.29. The molecular weight excluding hydrogens is 262 g/mol. The summed E-state index contributed by atoms with van der Waals surface area (Å²) in [6.07, 6.45) is -3.25. The summed E-state index contributed by atoms with van der Waals surface area (Å²) in [6, 6.07) is 4.82. The first kappa shape index (κ1) is 14.6. The maximum Gasteiger partial charge on any atom is 0.337 e. The lowest BCUT2D eigenvalue weighted by atomic mass is 10.0. The third-order valence-corrected chi connectivity index (χ3v) is 3.22. The first-order valence-corrected chi connectivity index (χ1v) is 6.38. The summed E-state index contributed by atoms with van der Waals surface area (Å²) >= 11 is 0. The standard InChI is InChI=1S/C10H13NO6S/c1-17-10(14)9(13)8(12)6-2-4-7(5-3-6)18(11,15)16/h2-5,8-9,12-13H,1H3,(H2,11,15,16). The summed E-state index contributed by atoms with van der Waals surface area (Å²) in [5.74, 6) is -0.988. The summed E-state index contributed by atoms with van der Waals surface area (Å²) in [7, 11) is -2.75. The predicted octanol–water partition coefficient (Wildman–Crippen LogP) is -1.10. The maximum absolute atomic E-state index is 11.0. The Morgan fingerprint density at radius 1 is 1.28 bits per heavy atom. The Bertz CT molecular complexity index is 524. The highest BCUT2D eigenvalue weighted by molar-refractivity contribution is 7.89. The molecule has 2 unspecified atom stereocenters. The minimum absolute atomic E-state index is 0.133. The molecule has 1 aromatic carbocycles. The number of sulfonamides is 1. The highest BCUT2D eigenvalue weighted by Gasteiger charge is 2.26. The second-order valence-corrected chi connectivity index (χ2v) is 5.09. The van der Waals surface area contributed by atoms with Crippen molar-refractivity contribution < 1.29 is 28.2 Å². The number of carbonyl (C=O) groups excluding carboxylic acids is 1. The minimum Gasteiger partial charge on any atom is -0.467 e. The van der Waals surface area contributed by atoms with E-state index in [0.717, 1.165) is 19.2 Å². The van der Waals surface area contributed by atoms with Crippen LogP contribution in [0.15, 0.2) is 29.2 Å². The molecule has 0 aliphatic carbocycles. The van der Waals surface area contributed by atoms with Crippen molar-refractivity contribution in [1.29, 1.82) is 0 Å². The molecule has 0 radical (unpaired) electrons. The number of primary sulfonamides is 1. The molecule has 0 saturated carbocycles. The molecule has 100 valence electrons. The average Bonchev–Trinajstić information content (AvgIpc) is 2.35. The van der Waals surface area contributed by atoms with Crippen molar-refractivity contribution in [2.75, 3.05) is 7.11 Å². The molecule has 1 rings (SSSR count). The van der Waals surface area contributed by atoms with Gasteiger partial charge in [0.15, 0.2) is 6.10 Å². The molecule has 8 heteroatoms. The molecule has 1 aromatic rings. The van der Waals surface area contributed by atoms with Gasteiger partial charge in [-0.2, -0.15) is 0 Å². The number of hydrogen-bond acceptors (Lipinski definition) is 6. The molecule has 4 N–H and O–H groups in total. The molecule has 18 heavy (non-hydrogen) atoms. The van der Waals surface area contributed by atoms with E-state index in [9.17, 15) is 23.4 Å². The van der Waals surface area contributed by atoms with Gasteiger partial charge in [-0.25, -0.2) is 18.4 Å². The molecule has 0 amide bonds. The van der Waals surface area contributed by atoms with Crippen LogP contribution < -0.4 is 5.14 Å². The summed E-state index contributed by atoms with van der Waals surface area (Å²) < 4.78 is 26.3. The Hall–Kier alpha value is -1.48. The third kappa shape index (κ3) is 3.26. The number of esters is 1. The average molecular weight is 275 g/mol. The van der Waals surface area contributed by atoms with Gasteiger partial charge in [-0.05, 0) is 17.7 Å². The maximum atomic E-state index is 11.0. The molecular formula is C10H13NO6S. The second-order valence-electron chi connectivity index (χ2n) is 3.53. The molecule has 2 atom stereocenters. The fourth-order valence-corrected chi connectivity index (χ4v) is 1.80. The second kappa shape index (κ2) is 5.44. The summed E-state index contributed by atoms with van der Waals surface area (Å²) in [6.45, 7) is 0. The van der Waals surface area contributed by atoms with Crippen LogP contribution in [0.4, 0.5) is 0 Å². The monoisotopic (exact) mass is 275 g/mol. The third-order valence-electron chi connectivity index (χ3n) is 2.29. The number of nitrogens with two attached hydrogens (primary N) is 1. The van der Waals surface area contributed by atoms with Crippen molar-refractivity contribution >= 4 is 16.0 Å². The fraction of sp³-hybridized carbons (Fsp3) is 0.300. The van der Waals surface area contributed by atoms with E-state index in [1.54, 1.807) is 0 Å². The van der Waals surface area contributed by atoms with Crippen LogP contribution in [0.2, 0.25) is 0 Å². The number of aliphatic hydroxyl groups is 2. The van der Waals surface area contributed by atoms with Gasteiger partial charge in [-0.15, -0.1) is 0 Å². The van der Waals surface area contributed by atoms with Crippen LogP contribution >= 0.6 is 0 Å². The largest absolute Gasteiger partial charge is 0.467 e. The van der Waals surface area contributed by atoms with Gasteiger partial charge in [0, 0.05) is 0 Å². The number of benzene rings is 1. The summed E-state index contributed by atoms with van der Waals surface area (Å²) in [4.78, 5) is 10.9. The molecule has 0 aromatic heterocycles. The van der Waals surface area contributed by atoms with E-state index in [2.05, 4.69) is 4.74 Å². The Labute approximate surface area is 104 Å². The van der Waals surface area contributed by atoms with Gasteiger partial charge in [0.2, 0.25) is 10.0 Å². The van der Waals surface area contributed by atoms with Crippen LogP contribution in [0.3, 0.4) is 0 Å². The number of hydrogen-bond donors (Lipinski definition) is 3. The Morgan fingerprint density at radius 2 is 1.78 bits per heavy atom. The molecule has 0 saturated heterocycles. The van der Waals surface area contributed by atoms with Crippen LogP contribution in [0, 0.1) is 0 Å². The van der Waals surface area contributed by atoms with Gasteiger partial charge >= 0.3 is 5.97 Å². The Balaban J connectivity index is 2.95. The van der Waals surface area contributed by atoms with Crippen molar-refractivity contribution in [3.63, 3.8) is 0 Å². The molecule has 0 spiro atoms. The molecule has 0 fully saturated rings. The number of rotatable bonds is 4. The summed E-state index contributed by atoms with van der Waals surface area (Å²) in [5.41, 5.74) is 0.167. The van der Waals surface area contributed by atoms with Crippen molar-refractivity contribution in [2.24, 2.45) is 5.14 Å². The van der Waals surface area contributed by atoms with Gasteiger partial charge in [0.25, 0.3) is 0 Å². The SMILES string of the molecule is COC(=O)C(O)C(O)c1ccc(S(N)(=O)=O)cc1.